The summed E-state index contributed by atoms with van der Waals surface area (Å²) in [7, 11) is 0. The number of aromatic nitrogens is 3. The topological polar surface area (TPSA) is 51.8 Å². The molecule has 5 heteroatoms. The van der Waals surface area contributed by atoms with Crippen molar-refractivity contribution in [1.29, 1.82) is 0 Å². The molecule has 16 rings (SSSR count). The van der Waals surface area contributed by atoms with Crippen LogP contribution >= 0.6 is 11.3 Å². The average molecular weight is 972 g/mol. The van der Waals surface area contributed by atoms with E-state index in [2.05, 4.69) is 231 Å². The molecule has 2 aliphatic rings. The molecule has 0 radical (unpaired) electrons. The number of rotatable bonds is 6. The molecule has 0 N–H and O–H groups in total. The van der Waals surface area contributed by atoms with E-state index in [1.807, 2.05) is 18.2 Å². The van der Waals surface area contributed by atoms with Crippen LogP contribution in [0.25, 0.3) is 132 Å². The smallest absolute Gasteiger partial charge is 0.164 e. The maximum Gasteiger partial charge on any atom is 0.164 e. The Kier molecular flexibility index (Phi) is 9.09. The second kappa shape index (κ2) is 16.2. The molecule has 2 aliphatic carbocycles. The Balaban J connectivity index is 0.837. The minimum atomic E-state index is -0.405. The maximum atomic E-state index is 6.67. The van der Waals surface area contributed by atoms with E-state index < -0.39 is 5.41 Å². The van der Waals surface area contributed by atoms with E-state index >= 15 is 0 Å². The van der Waals surface area contributed by atoms with Crippen molar-refractivity contribution in [2.75, 3.05) is 0 Å². The second-order valence-corrected chi connectivity index (χ2v) is 20.8. The summed E-state index contributed by atoms with van der Waals surface area (Å²) >= 11 is 1.79. The lowest BCUT2D eigenvalue weighted by atomic mass is 9.70. The SMILES string of the molecule is c1ccc(-c2ccc(-c3nc(-c4ccc5c(c4)sc4ccccc45)nc(-c4cccc5oc6ccc(-c7cccc(-c8cccc9c8-c8ccccc8C98c9ccccc9-c9ccccc98)c7)cc6c45)n3)cc2)cc1. The van der Waals surface area contributed by atoms with Crippen molar-refractivity contribution < 1.29 is 4.42 Å². The molecule has 75 heavy (non-hydrogen) atoms. The van der Waals surface area contributed by atoms with Crippen molar-refractivity contribution in [2.24, 2.45) is 0 Å². The first kappa shape index (κ1) is 42.0. The van der Waals surface area contributed by atoms with Crippen LogP contribution in [0.2, 0.25) is 0 Å². The molecule has 1 spiro atoms. The third-order valence-corrected chi connectivity index (χ3v) is 16.9. The van der Waals surface area contributed by atoms with Crippen molar-refractivity contribution in [1.82, 2.24) is 15.0 Å². The number of hydrogen-bond acceptors (Lipinski definition) is 5. The number of nitrogens with zero attached hydrogens (tertiary/aromatic N) is 3. The van der Waals surface area contributed by atoms with Crippen molar-refractivity contribution in [3.05, 3.63) is 271 Å². The zero-order valence-electron chi connectivity index (χ0n) is 40.3. The van der Waals surface area contributed by atoms with E-state index in [0.29, 0.717) is 17.5 Å². The minimum absolute atomic E-state index is 0.405. The van der Waals surface area contributed by atoms with Gasteiger partial charge in [0.2, 0.25) is 0 Å². The quantitative estimate of drug-likeness (QED) is 0.167. The standard InChI is InChI=1S/C70H41N3OS/c1-2-15-42(16-3-1)43-31-33-44(34-32-43)67-71-68(48-35-37-53-52-21-7-11-30-63(52)75-64(53)41-48)73-69(72-67)55-24-14-29-62-66(55)56-40-46(36-38-61(56)74-62)45-17-12-18-47(39-45)49-23-13-28-60-65(49)54-22-6-10-27-59(54)70(60)57-25-8-4-19-50(57)51-20-5-9-26-58(51)70/h1-41H. The lowest BCUT2D eigenvalue weighted by Crippen LogP contribution is -2.25. The fourth-order valence-electron chi connectivity index (χ4n) is 12.5. The summed E-state index contributed by atoms with van der Waals surface area (Å²) in [5, 5.41) is 4.46. The van der Waals surface area contributed by atoms with Gasteiger partial charge in [-0.1, -0.05) is 212 Å². The molecular formula is C70H41N3OS. The van der Waals surface area contributed by atoms with Crippen LogP contribution in [0, 0.1) is 0 Å². The molecule has 3 aromatic heterocycles. The van der Waals surface area contributed by atoms with Crippen LogP contribution in [0.15, 0.2) is 253 Å². The highest BCUT2D eigenvalue weighted by Gasteiger charge is 2.52. The Morgan fingerprint density at radius 2 is 0.827 bits per heavy atom. The normalized spacial score (nSPS) is 12.9. The Bertz CT molecular complexity index is 4620. The second-order valence-electron chi connectivity index (χ2n) is 19.7. The summed E-state index contributed by atoms with van der Waals surface area (Å²) in [4.78, 5) is 15.8. The van der Waals surface area contributed by atoms with Gasteiger partial charge in [0, 0.05) is 47.6 Å². The van der Waals surface area contributed by atoms with Crippen LogP contribution in [0.1, 0.15) is 22.3 Å². The summed E-state index contributed by atoms with van der Waals surface area (Å²) in [6, 6.07) is 89.9. The number of furan rings is 1. The number of thiophene rings is 1. The highest BCUT2D eigenvalue weighted by molar-refractivity contribution is 7.25. The molecule has 0 aliphatic heterocycles. The molecule has 11 aromatic carbocycles. The summed E-state index contributed by atoms with van der Waals surface area (Å²) in [5.41, 5.74) is 21.4. The molecule has 3 heterocycles. The predicted molar refractivity (Wildman–Crippen MR) is 309 cm³/mol. The molecule has 348 valence electrons. The number of fused-ring (bicyclic) bond motifs is 16. The molecule has 14 aromatic rings. The molecule has 0 fully saturated rings. The van der Waals surface area contributed by atoms with Gasteiger partial charge in [0.1, 0.15) is 11.2 Å². The number of hydrogen-bond donors (Lipinski definition) is 0. The molecule has 0 atom stereocenters. The molecule has 0 saturated carbocycles. The van der Waals surface area contributed by atoms with Gasteiger partial charge in [-0.3, -0.25) is 0 Å². The van der Waals surface area contributed by atoms with E-state index in [-0.39, 0.29) is 0 Å². The van der Waals surface area contributed by atoms with Crippen LogP contribution in [0.3, 0.4) is 0 Å². The Hall–Kier alpha value is -9.55. The first-order valence-electron chi connectivity index (χ1n) is 25.5. The molecule has 4 nitrogen and oxygen atoms in total. The molecule has 0 saturated heterocycles. The van der Waals surface area contributed by atoms with E-state index in [1.54, 1.807) is 11.3 Å². The summed E-state index contributed by atoms with van der Waals surface area (Å²) in [6.07, 6.45) is 0. The predicted octanol–water partition coefficient (Wildman–Crippen LogP) is 18.5. The molecule has 0 bridgehead atoms. The Morgan fingerprint density at radius 3 is 1.64 bits per heavy atom. The van der Waals surface area contributed by atoms with E-state index in [9.17, 15) is 0 Å². The van der Waals surface area contributed by atoms with Crippen molar-refractivity contribution in [3.63, 3.8) is 0 Å². The van der Waals surface area contributed by atoms with Crippen LogP contribution in [0.4, 0.5) is 0 Å². The van der Waals surface area contributed by atoms with Crippen LogP contribution < -0.4 is 0 Å². The van der Waals surface area contributed by atoms with Crippen molar-refractivity contribution >= 4 is 53.4 Å². The lowest BCUT2D eigenvalue weighted by molar-refractivity contribution is 0.669. The summed E-state index contributed by atoms with van der Waals surface area (Å²) in [6.45, 7) is 0. The van der Waals surface area contributed by atoms with E-state index in [1.165, 1.54) is 75.8 Å². The van der Waals surface area contributed by atoms with Crippen LogP contribution in [-0.2, 0) is 5.41 Å². The van der Waals surface area contributed by atoms with Crippen LogP contribution in [0.5, 0.6) is 0 Å². The lowest BCUT2D eigenvalue weighted by Gasteiger charge is -2.30. The van der Waals surface area contributed by atoms with Gasteiger partial charge in [-0.15, -0.1) is 11.3 Å². The van der Waals surface area contributed by atoms with Crippen LogP contribution in [-0.4, -0.2) is 15.0 Å². The highest BCUT2D eigenvalue weighted by Crippen LogP contribution is 2.64. The first-order chi connectivity index (χ1) is 37.2. The van der Waals surface area contributed by atoms with Gasteiger partial charge in [-0.05, 0) is 114 Å². The Morgan fingerprint density at radius 1 is 0.293 bits per heavy atom. The van der Waals surface area contributed by atoms with E-state index in [4.69, 9.17) is 19.4 Å². The van der Waals surface area contributed by atoms with Gasteiger partial charge < -0.3 is 4.42 Å². The van der Waals surface area contributed by atoms with Gasteiger partial charge in [0.25, 0.3) is 0 Å². The zero-order valence-corrected chi connectivity index (χ0v) is 41.1. The third-order valence-electron chi connectivity index (χ3n) is 15.8. The molecular weight excluding hydrogens is 931 g/mol. The first-order valence-corrected chi connectivity index (χ1v) is 26.3. The van der Waals surface area contributed by atoms with Gasteiger partial charge >= 0.3 is 0 Å². The largest absolute Gasteiger partial charge is 0.456 e. The Labute approximate surface area is 436 Å². The monoisotopic (exact) mass is 971 g/mol. The fourth-order valence-corrected chi connectivity index (χ4v) is 13.7. The minimum Gasteiger partial charge on any atom is -0.456 e. The molecule has 0 unspecified atom stereocenters. The molecule has 0 amide bonds. The van der Waals surface area contributed by atoms with Crippen molar-refractivity contribution in [2.45, 2.75) is 5.41 Å². The fraction of sp³-hybridized carbons (Fsp3) is 0.0143. The summed E-state index contributed by atoms with van der Waals surface area (Å²) in [5.74, 6) is 1.81. The number of benzene rings is 11. The van der Waals surface area contributed by atoms with Gasteiger partial charge in [0.15, 0.2) is 17.5 Å². The van der Waals surface area contributed by atoms with Gasteiger partial charge in [0.05, 0.1) is 5.41 Å². The average Bonchev–Trinajstić information content (AvgIpc) is 4.40. The maximum absolute atomic E-state index is 6.67. The zero-order chi connectivity index (χ0) is 49.2. The summed E-state index contributed by atoms with van der Waals surface area (Å²) < 4.78 is 9.12. The van der Waals surface area contributed by atoms with E-state index in [0.717, 1.165) is 60.9 Å². The highest BCUT2D eigenvalue weighted by atomic mass is 32.1. The van der Waals surface area contributed by atoms with Gasteiger partial charge in [-0.2, -0.15) is 0 Å². The van der Waals surface area contributed by atoms with Gasteiger partial charge in [-0.25, -0.2) is 15.0 Å². The third kappa shape index (κ3) is 6.26. The van der Waals surface area contributed by atoms with Crippen molar-refractivity contribution in [3.8, 4) is 89.8 Å².